The van der Waals surface area contributed by atoms with Gasteiger partial charge in [-0.15, -0.1) is 0 Å². The SMILES string of the molecule is O=C1C=C(C2CCCN2c2ccccc2)C(=O)N1C1CCCCC1. The van der Waals surface area contributed by atoms with E-state index in [2.05, 4.69) is 17.0 Å². The molecule has 1 aliphatic carbocycles. The molecule has 1 aromatic rings. The molecular formula is C20H24N2O2. The van der Waals surface area contributed by atoms with Gasteiger partial charge in [-0.1, -0.05) is 37.5 Å². The van der Waals surface area contributed by atoms with E-state index in [0.29, 0.717) is 5.57 Å². The van der Waals surface area contributed by atoms with E-state index in [1.54, 1.807) is 11.0 Å². The smallest absolute Gasteiger partial charge is 0.259 e. The summed E-state index contributed by atoms with van der Waals surface area (Å²) in [4.78, 5) is 29.3. The van der Waals surface area contributed by atoms with Crippen LogP contribution in [0.3, 0.4) is 0 Å². The Balaban J connectivity index is 1.56. The third-order valence-electron chi connectivity index (χ3n) is 5.62. The number of benzene rings is 1. The lowest BCUT2D eigenvalue weighted by Gasteiger charge is -2.31. The number of carbonyl (C=O) groups is 2. The molecule has 0 spiro atoms. The van der Waals surface area contributed by atoms with Crippen LogP contribution in [-0.2, 0) is 9.59 Å². The molecule has 0 radical (unpaired) electrons. The first-order valence-electron chi connectivity index (χ1n) is 9.16. The highest BCUT2D eigenvalue weighted by atomic mass is 16.2. The fourth-order valence-corrected chi connectivity index (χ4v) is 4.45. The summed E-state index contributed by atoms with van der Waals surface area (Å²) in [7, 11) is 0. The molecule has 0 bridgehead atoms. The lowest BCUT2D eigenvalue weighted by Crippen LogP contribution is -2.43. The van der Waals surface area contributed by atoms with E-state index in [1.807, 2.05) is 18.2 Å². The summed E-state index contributed by atoms with van der Waals surface area (Å²) >= 11 is 0. The van der Waals surface area contributed by atoms with Gasteiger partial charge in [-0.3, -0.25) is 14.5 Å². The molecular weight excluding hydrogens is 300 g/mol. The van der Waals surface area contributed by atoms with E-state index >= 15 is 0 Å². The second kappa shape index (κ2) is 6.42. The maximum Gasteiger partial charge on any atom is 0.259 e. The minimum atomic E-state index is -0.0955. The molecule has 2 fully saturated rings. The highest BCUT2D eigenvalue weighted by molar-refractivity contribution is 6.17. The van der Waals surface area contributed by atoms with Crippen molar-refractivity contribution in [3.63, 3.8) is 0 Å². The van der Waals surface area contributed by atoms with Crippen LogP contribution in [-0.4, -0.2) is 35.3 Å². The lowest BCUT2D eigenvalue weighted by molar-refractivity contribution is -0.140. The van der Waals surface area contributed by atoms with Crippen molar-refractivity contribution in [2.45, 2.75) is 57.0 Å². The highest BCUT2D eigenvalue weighted by Crippen LogP contribution is 2.34. The third kappa shape index (κ3) is 2.64. The molecule has 1 saturated heterocycles. The van der Waals surface area contributed by atoms with Crippen LogP contribution in [0.1, 0.15) is 44.9 Å². The van der Waals surface area contributed by atoms with E-state index in [0.717, 1.165) is 50.8 Å². The van der Waals surface area contributed by atoms with E-state index < -0.39 is 0 Å². The first-order valence-corrected chi connectivity index (χ1v) is 9.16. The number of imide groups is 1. The Morgan fingerprint density at radius 3 is 2.38 bits per heavy atom. The number of hydrogen-bond donors (Lipinski definition) is 0. The zero-order valence-electron chi connectivity index (χ0n) is 14.0. The highest BCUT2D eigenvalue weighted by Gasteiger charge is 2.42. The number of anilines is 1. The zero-order valence-corrected chi connectivity index (χ0v) is 14.0. The van der Waals surface area contributed by atoms with E-state index in [4.69, 9.17) is 0 Å². The molecule has 2 amide bonds. The predicted octanol–water partition coefficient (Wildman–Crippen LogP) is 3.28. The first kappa shape index (κ1) is 15.4. The standard InChI is InChI=1S/C20H24N2O2/c23-19-14-17(20(24)22(19)16-10-5-2-6-11-16)18-12-7-13-21(18)15-8-3-1-4-9-15/h1,3-4,8-9,14,16,18H,2,5-7,10-13H2. The number of para-hydroxylation sites is 1. The van der Waals surface area contributed by atoms with Crippen LogP contribution in [0.4, 0.5) is 5.69 Å². The molecule has 4 heteroatoms. The molecule has 2 aliphatic heterocycles. The number of carbonyl (C=O) groups excluding carboxylic acids is 2. The van der Waals surface area contributed by atoms with Gasteiger partial charge in [0.15, 0.2) is 0 Å². The average molecular weight is 324 g/mol. The second-order valence-electron chi connectivity index (χ2n) is 7.09. The minimum absolute atomic E-state index is 0.0393. The van der Waals surface area contributed by atoms with Gasteiger partial charge in [0.25, 0.3) is 11.8 Å². The normalized spacial score (nSPS) is 25.5. The summed E-state index contributed by atoms with van der Waals surface area (Å²) in [6, 6.07) is 10.4. The molecule has 2 heterocycles. The van der Waals surface area contributed by atoms with Crippen LogP contribution in [0.15, 0.2) is 42.0 Å². The van der Waals surface area contributed by atoms with Crippen molar-refractivity contribution in [3.05, 3.63) is 42.0 Å². The third-order valence-corrected chi connectivity index (χ3v) is 5.62. The van der Waals surface area contributed by atoms with Crippen molar-refractivity contribution >= 4 is 17.5 Å². The number of rotatable bonds is 3. The lowest BCUT2D eigenvalue weighted by atomic mass is 9.94. The van der Waals surface area contributed by atoms with Gasteiger partial charge >= 0.3 is 0 Å². The van der Waals surface area contributed by atoms with E-state index in [1.165, 1.54) is 6.42 Å². The molecule has 0 aromatic heterocycles. The summed E-state index contributed by atoms with van der Waals surface area (Å²) < 4.78 is 0. The maximum atomic E-state index is 13.0. The summed E-state index contributed by atoms with van der Waals surface area (Å²) in [5, 5.41) is 0. The van der Waals surface area contributed by atoms with Gasteiger partial charge in [0.2, 0.25) is 0 Å². The second-order valence-corrected chi connectivity index (χ2v) is 7.09. The van der Waals surface area contributed by atoms with E-state index in [9.17, 15) is 9.59 Å². The maximum absolute atomic E-state index is 13.0. The average Bonchev–Trinajstić information content (AvgIpc) is 3.21. The quantitative estimate of drug-likeness (QED) is 0.801. The Kier molecular flexibility index (Phi) is 4.13. The van der Waals surface area contributed by atoms with Gasteiger partial charge in [0.05, 0.1) is 6.04 Å². The predicted molar refractivity (Wildman–Crippen MR) is 93.6 cm³/mol. The van der Waals surface area contributed by atoms with Gasteiger partial charge in [0.1, 0.15) is 0 Å². The monoisotopic (exact) mass is 324 g/mol. The first-order chi connectivity index (χ1) is 11.8. The number of hydrogen-bond acceptors (Lipinski definition) is 3. The number of amides is 2. The molecule has 4 rings (SSSR count). The van der Waals surface area contributed by atoms with E-state index in [-0.39, 0.29) is 23.9 Å². The van der Waals surface area contributed by atoms with Crippen molar-refractivity contribution in [1.82, 2.24) is 4.90 Å². The van der Waals surface area contributed by atoms with Crippen LogP contribution in [0.25, 0.3) is 0 Å². The molecule has 1 atom stereocenters. The van der Waals surface area contributed by atoms with Crippen molar-refractivity contribution in [3.8, 4) is 0 Å². The van der Waals surface area contributed by atoms with Crippen LogP contribution >= 0.6 is 0 Å². The summed E-state index contributed by atoms with van der Waals surface area (Å²) in [5.41, 5.74) is 1.84. The van der Waals surface area contributed by atoms with Crippen molar-refractivity contribution in [1.29, 1.82) is 0 Å². The molecule has 1 unspecified atom stereocenters. The Labute approximate surface area is 143 Å². The Morgan fingerprint density at radius 1 is 0.875 bits per heavy atom. The molecule has 24 heavy (non-hydrogen) atoms. The molecule has 1 saturated carbocycles. The Bertz CT molecular complexity index is 661. The van der Waals surface area contributed by atoms with Gasteiger partial charge in [0, 0.05) is 29.9 Å². The zero-order chi connectivity index (χ0) is 16.5. The van der Waals surface area contributed by atoms with Crippen molar-refractivity contribution in [2.75, 3.05) is 11.4 Å². The Hall–Kier alpha value is -2.10. The summed E-state index contributed by atoms with van der Waals surface area (Å²) in [5.74, 6) is -0.137. The summed E-state index contributed by atoms with van der Waals surface area (Å²) in [6.07, 6.45) is 9.00. The largest absolute Gasteiger partial charge is 0.364 e. The van der Waals surface area contributed by atoms with Gasteiger partial charge in [-0.25, -0.2) is 0 Å². The fourth-order valence-electron chi connectivity index (χ4n) is 4.45. The molecule has 4 nitrogen and oxygen atoms in total. The van der Waals surface area contributed by atoms with Gasteiger partial charge in [-0.05, 0) is 37.8 Å². The molecule has 126 valence electrons. The summed E-state index contributed by atoms with van der Waals surface area (Å²) in [6.45, 7) is 0.941. The molecule has 3 aliphatic rings. The minimum Gasteiger partial charge on any atom is -0.364 e. The fraction of sp³-hybridized carbons (Fsp3) is 0.500. The van der Waals surface area contributed by atoms with Crippen LogP contribution in [0.5, 0.6) is 0 Å². The van der Waals surface area contributed by atoms with Crippen LogP contribution < -0.4 is 4.90 Å². The van der Waals surface area contributed by atoms with Crippen molar-refractivity contribution < 1.29 is 9.59 Å². The van der Waals surface area contributed by atoms with Crippen molar-refractivity contribution in [2.24, 2.45) is 0 Å². The van der Waals surface area contributed by atoms with Gasteiger partial charge in [-0.2, -0.15) is 0 Å². The molecule has 0 N–H and O–H groups in total. The van der Waals surface area contributed by atoms with Crippen LogP contribution in [0.2, 0.25) is 0 Å². The topological polar surface area (TPSA) is 40.6 Å². The van der Waals surface area contributed by atoms with Gasteiger partial charge < -0.3 is 4.90 Å². The van der Waals surface area contributed by atoms with Crippen LogP contribution in [0, 0.1) is 0 Å². The molecule has 1 aromatic carbocycles. The Morgan fingerprint density at radius 2 is 1.62 bits per heavy atom. The number of nitrogens with zero attached hydrogens (tertiary/aromatic N) is 2.